The summed E-state index contributed by atoms with van der Waals surface area (Å²) in [5, 5.41) is 9.34. The third-order valence-electron chi connectivity index (χ3n) is 2.63. The summed E-state index contributed by atoms with van der Waals surface area (Å²) in [6.07, 6.45) is 0.956. The molecule has 0 aliphatic rings. The van der Waals surface area contributed by atoms with Gasteiger partial charge in [-0.05, 0) is 31.2 Å². The molecule has 0 saturated carbocycles. The van der Waals surface area contributed by atoms with Crippen LogP contribution in [-0.2, 0) is 11.3 Å². The van der Waals surface area contributed by atoms with Gasteiger partial charge in [0.2, 0.25) is 0 Å². The fourth-order valence-electron chi connectivity index (χ4n) is 1.66. The van der Waals surface area contributed by atoms with E-state index in [9.17, 15) is 4.79 Å². The number of carbonyl (C=O) groups is 1. The summed E-state index contributed by atoms with van der Waals surface area (Å²) in [6, 6.07) is 4.83. The monoisotopic (exact) mass is 271 g/mol. The van der Waals surface area contributed by atoms with Crippen molar-refractivity contribution in [3.05, 3.63) is 34.3 Å². The normalized spacial score (nSPS) is 10.9. The number of carboxylic acids is 1. The molecule has 0 aliphatic carbocycles. The van der Waals surface area contributed by atoms with E-state index in [4.69, 9.17) is 21.4 Å². The summed E-state index contributed by atoms with van der Waals surface area (Å²) in [4.78, 5) is 12.9. The van der Waals surface area contributed by atoms with E-state index in [1.54, 1.807) is 19.2 Å². The first-order chi connectivity index (χ1) is 8.54. The molecule has 18 heavy (non-hydrogen) atoms. The van der Waals surface area contributed by atoms with Crippen molar-refractivity contribution in [3.63, 3.8) is 0 Å². The second kappa shape index (κ2) is 7.36. The van der Waals surface area contributed by atoms with Crippen LogP contribution < -0.4 is 0 Å². The van der Waals surface area contributed by atoms with Crippen LogP contribution in [0.2, 0.25) is 5.02 Å². The highest BCUT2D eigenvalue weighted by Gasteiger charge is 2.08. The molecule has 0 radical (unpaired) electrons. The Morgan fingerprint density at radius 3 is 2.78 bits per heavy atom. The molecule has 0 saturated heterocycles. The molecule has 0 heterocycles. The fourth-order valence-corrected chi connectivity index (χ4v) is 1.90. The lowest BCUT2D eigenvalue weighted by atomic mass is 10.1. The summed E-state index contributed by atoms with van der Waals surface area (Å²) >= 11 is 6.06. The lowest BCUT2D eigenvalue weighted by Crippen LogP contribution is -2.20. The van der Waals surface area contributed by atoms with Gasteiger partial charge in [0.15, 0.2) is 0 Å². The van der Waals surface area contributed by atoms with Crippen LogP contribution in [0, 0.1) is 0 Å². The summed E-state index contributed by atoms with van der Waals surface area (Å²) < 4.78 is 4.99. The number of carboxylic acid groups (broad SMARTS) is 1. The van der Waals surface area contributed by atoms with E-state index in [0.29, 0.717) is 11.6 Å². The Kier molecular flexibility index (Phi) is 6.12. The molecule has 0 aliphatic heterocycles. The van der Waals surface area contributed by atoms with Crippen LogP contribution in [0.3, 0.4) is 0 Å². The minimum atomic E-state index is -0.961. The predicted molar refractivity (Wildman–Crippen MR) is 71.2 cm³/mol. The zero-order valence-corrected chi connectivity index (χ0v) is 11.4. The molecule has 0 aromatic heterocycles. The first-order valence-electron chi connectivity index (χ1n) is 5.73. The molecular formula is C13H18ClNO3. The van der Waals surface area contributed by atoms with Crippen molar-refractivity contribution >= 4 is 17.6 Å². The summed E-state index contributed by atoms with van der Waals surface area (Å²) in [6.45, 7) is 2.34. The number of benzene rings is 1. The minimum absolute atomic E-state index is 0.214. The van der Waals surface area contributed by atoms with Crippen LogP contribution in [0.4, 0.5) is 0 Å². The first-order valence-corrected chi connectivity index (χ1v) is 6.11. The molecule has 1 rings (SSSR count). The van der Waals surface area contributed by atoms with Gasteiger partial charge in [-0.25, -0.2) is 4.79 Å². The fraction of sp³-hybridized carbons (Fsp3) is 0.462. The molecule has 0 unspecified atom stereocenters. The number of halogens is 1. The summed E-state index contributed by atoms with van der Waals surface area (Å²) in [7, 11) is 3.68. The summed E-state index contributed by atoms with van der Waals surface area (Å²) in [5.41, 5.74) is 1.15. The molecule has 0 fully saturated rings. The van der Waals surface area contributed by atoms with Crippen LogP contribution in [0.25, 0.3) is 0 Å². The van der Waals surface area contributed by atoms with Crippen molar-refractivity contribution in [1.82, 2.24) is 4.90 Å². The Morgan fingerprint density at radius 1 is 1.50 bits per heavy atom. The van der Waals surface area contributed by atoms with E-state index in [-0.39, 0.29) is 5.56 Å². The highest BCUT2D eigenvalue weighted by atomic mass is 35.5. The van der Waals surface area contributed by atoms with E-state index in [1.807, 2.05) is 7.05 Å². The number of ether oxygens (including phenoxy) is 1. The highest BCUT2D eigenvalue weighted by molar-refractivity contribution is 6.31. The van der Waals surface area contributed by atoms with Crippen LogP contribution in [0.5, 0.6) is 0 Å². The van der Waals surface area contributed by atoms with Gasteiger partial charge in [-0.2, -0.15) is 0 Å². The highest BCUT2D eigenvalue weighted by Crippen LogP contribution is 2.19. The molecular weight excluding hydrogens is 254 g/mol. The lowest BCUT2D eigenvalue weighted by Gasteiger charge is -2.17. The Bertz CT molecular complexity index is 409. The Labute approximate surface area is 112 Å². The maximum absolute atomic E-state index is 10.8. The van der Waals surface area contributed by atoms with Crippen molar-refractivity contribution in [1.29, 1.82) is 0 Å². The van der Waals surface area contributed by atoms with Crippen molar-refractivity contribution in [2.75, 3.05) is 27.3 Å². The predicted octanol–water partition coefficient (Wildman–Crippen LogP) is 2.51. The smallest absolute Gasteiger partial charge is 0.335 e. The number of rotatable bonds is 7. The van der Waals surface area contributed by atoms with Gasteiger partial charge in [0.05, 0.1) is 5.56 Å². The van der Waals surface area contributed by atoms with Gasteiger partial charge in [0.25, 0.3) is 0 Å². The van der Waals surface area contributed by atoms with Crippen LogP contribution in [0.15, 0.2) is 18.2 Å². The second-order valence-corrected chi connectivity index (χ2v) is 4.60. The van der Waals surface area contributed by atoms with E-state index in [2.05, 4.69) is 4.90 Å². The van der Waals surface area contributed by atoms with E-state index < -0.39 is 5.97 Å². The van der Waals surface area contributed by atoms with Gasteiger partial charge in [-0.15, -0.1) is 0 Å². The van der Waals surface area contributed by atoms with Crippen molar-refractivity contribution in [2.24, 2.45) is 0 Å². The van der Waals surface area contributed by atoms with Gasteiger partial charge in [0.1, 0.15) is 0 Å². The SMILES string of the molecule is COCCCN(C)Cc1ccc(C(=O)O)cc1Cl. The van der Waals surface area contributed by atoms with Crippen molar-refractivity contribution in [3.8, 4) is 0 Å². The van der Waals surface area contributed by atoms with Crippen LogP contribution >= 0.6 is 11.6 Å². The topological polar surface area (TPSA) is 49.8 Å². The quantitative estimate of drug-likeness (QED) is 0.774. The largest absolute Gasteiger partial charge is 0.478 e. The zero-order valence-electron chi connectivity index (χ0n) is 10.6. The number of methoxy groups -OCH3 is 1. The third kappa shape index (κ3) is 4.64. The average Bonchev–Trinajstić information content (AvgIpc) is 2.32. The Balaban J connectivity index is 2.59. The van der Waals surface area contributed by atoms with Gasteiger partial charge in [-0.3, -0.25) is 0 Å². The molecule has 100 valence electrons. The molecule has 0 amide bonds. The van der Waals surface area contributed by atoms with Crippen LogP contribution in [0.1, 0.15) is 22.3 Å². The molecule has 1 N–H and O–H groups in total. The molecule has 0 atom stereocenters. The lowest BCUT2D eigenvalue weighted by molar-refractivity contribution is 0.0697. The number of hydrogen-bond donors (Lipinski definition) is 1. The van der Waals surface area contributed by atoms with Gasteiger partial charge < -0.3 is 14.7 Å². The Morgan fingerprint density at radius 2 is 2.22 bits per heavy atom. The first kappa shape index (κ1) is 15.0. The average molecular weight is 272 g/mol. The molecule has 1 aromatic carbocycles. The third-order valence-corrected chi connectivity index (χ3v) is 2.98. The maximum Gasteiger partial charge on any atom is 0.335 e. The van der Waals surface area contributed by atoms with Crippen molar-refractivity contribution < 1.29 is 14.6 Å². The van der Waals surface area contributed by atoms with Gasteiger partial charge >= 0.3 is 5.97 Å². The molecule has 0 spiro atoms. The van der Waals surface area contributed by atoms with Gasteiger partial charge in [0, 0.05) is 31.8 Å². The van der Waals surface area contributed by atoms with Crippen molar-refractivity contribution in [2.45, 2.75) is 13.0 Å². The standard InChI is InChI=1S/C13H18ClNO3/c1-15(6-3-7-18-2)9-11-5-4-10(13(16)17)8-12(11)14/h4-5,8H,3,6-7,9H2,1-2H3,(H,16,17). The van der Waals surface area contributed by atoms with E-state index in [0.717, 1.165) is 25.1 Å². The summed E-state index contributed by atoms with van der Waals surface area (Å²) in [5.74, 6) is -0.961. The number of hydrogen-bond acceptors (Lipinski definition) is 3. The molecule has 0 bridgehead atoms. The zero-order chi connectivity index (χ0) is 13.5. The second-order valence-electron chi connectivity index (χ2n) is 4.20. The molecule has 4 nitrogen and oxygen atoms in total. The maximum atomic E-state index is 10.8. The number of nitrogens with zero attached hydrogens (tertiary/aromatic N) is 1. The van der Waals surface area contributed by atoms with Gasteiger partial charge in [-0.1, -0.05) is 17.7 Å². The minimum Gasteiger partial charge on any atom is -0.478 e. The van der Waals surface area contributed by atoms with E-state index in [1.165, 1.54) is 6.07 Å². The Hall–Kier alpha value is -1.10. The van der Waals surface area contributed by atoms with E-state index >= 15 is 0 Å². The number of aromatic carboxylic acids is 1. The van der Waals surface area contributed by atoms with Crippen LogP contribution in [-0.4, -0.2) is 43.3 Å². The molecule has 5 heteroatoms. The molecule has 1 aromatic rings.